The van der Waals surface area contributed by atoms with Crippen molar-refractivity contribution < 1.29 is 29.7 Å². The van der Waals surface area contributed by atoms with Gasteiger partial charge in [-0.05, 0) is 25.7 Å². The fourth-order valence-corrected chi connectivity index (χ4v) is 3.14. The Morgan fingerprint density at radius 2 is 1.45 bits per heavy atom. The molecule has 2 amide bonds. The van der Waals surface area contributed by atoms with Gasteiger partial charge in [-0.25, -0.2) is 4.79 Å². The van der Waals surface area contributed by atoms with E-state index in [1.807, 2.05) is 0 Å². The minimum absolute atomic E-state index is 0.124. The number of carbonyl (C=O) groups is 3. The summed E-state index contributed by atoms with van der Waals surface area (Å²) in [5, 5.41) is 27.3. The lowest BCUT2D eigenvalue weighted by Gasteiger charge is -2.39. The van der Waals surface area contributed by atoms with Crippen molar-refractivity contribution in [1.29, 1.82) is 0 Å². The Balaban J connectivity index is 2.11. The van der Waals surface area contributed by atoms with Crippen molar-refractivity contribution in [3.05, 3.63) is 0 Å². The normalized spacial score (nSPS) is 28.2. The minimum Gasteiger partial charge on any atom is -0.480 e. The number of fused-ring (bicyclic) bond motifs is 2. The van der Waals surface area contributed by atoms with Crippen molar-refractivity contribution in [2.24, 2.45) is 0 Å². The van der Waals surface area contributed by atoms with Crippen molar-refractivity contribution in [1.82, 2.24) is 9.80 Å². The van der Waals surface area contributed by atoms with Crippen LogP contribution in [0.4, 0.5) is 4.79 Å². The van der Waals surface area contributed by atoms with E-state index in [9.17, 15) is 19.5 Å². The first kappa shape index (κ1) is 14.6. The predicted molar refractivity (Wildman–Crippen MR) is 66.1 cm³/mol. The molecule has 2 aliphatic heterocycles. The largest absolute Gasteiger partial charge is 0.480 e. The summed E-state index contributed by atoms with van der Waals surface area (Å²) >= 11 is 0. The van der Waals surface area contributed by atoms with Gasteiger partial charge in [-0.15, -0.1) is 0 Å². The van der Waals surface area contributed by atoms with Gasteiger partial charge in [0.2, 0.25) is 0 Å². The number of nitrogens with zero attached hydrogens (tertiary/aromatic N) is 2. The van der Waals surface area contributed by atoms with Crippen LogP contribution in [0.25, 0.3) is 0 Å². The van der Waals surface area contributed by atoms with Crippen LogP contribution < -0.4 is 0 Å². The molecule has 3 N–H and O–H groups in total. The molecule has 0 aromatic carbocycles. The van der Waals surface area contributed by atoms with Gasteiger partial charge in [-0.1, -0.05) is 0 Å². The summed E-state index contributed by atoms with van der Waals surface area (Å²) < 4.78 is 0. The lowest BCUT2D eigenvalue weighted by Crippen LogP contribution is -2.55. The average Bonchev–Trinajstić information content (AvgIpc) is 2.58. The molecule has 2 saturated heterocycles. The molecule has 0 saturated carbocycles. The number of carboxylic acid groups (broad SMARTS) is 2. The number of carbonyl (C=O) groups excluding carboxylic acids is 1. The highest BCUT2D eigenvalue weighted by molar-refractivity contribution is 5.84. The van der Waals surface area contributed by atoms with E-state index in [2.05, 4.69) is 0 Å². The summed E-state index contributed by atoms with van der Waals surface area (Å²) in [6.45, 7) is -1.27. The maximum atomic E-state index is 12.4. The molecular formula is C12H18N2O6. The van der Waals surface area contributed by atoms with Gasteiger partial charge in [0.1, 0.15) is 13.1 Å². The summed E-state index contributed by atoms with van der Waals surface area (Å²) in [5.74, 6) is -2.49. The second-order valence-corrected chi connectivity index (χ2v) is 5.34. The third kappa shape index (κ3) is 3.01. The molecule has 2 aliphatic rings. The molecule has 0 spiro atoms. The number of carboxylic acids is 2. The van der Waals surface area contributed by atoms with Gasteiger partial charge in [0.05, 0.1) is 6.10 Å². The number of aliphatic carboxylic acids is 2. The molecule has 2 atom stereocenters. The van der Waals surface area contributed by atoms with E-state index in [1.54, 1.807) is 4.90 Å². The number of amides is 2. The van der Waals surface area contributed by atoms with Gasteiger partial charge in [0.15, 0.2) is 0 Å². The van der Waals surface area contributed by atoms with Crippen LogP contribution in [0.5, 0.6) is 0 Å². The molecule has 2 heterocycles. The van der Waals surface area contributed by atoms with Gasteiger partial charge in [-0.3, -0.25) is 9.59 Å². The summed E-state index contributed by atoms with van der Waals surface area (Å²) in [5.41, 5.74) is 0. The summed E-state index contributed by atoms with van der Waals surface area (Å²) in [6, 6.07) is -0.808. The number of rotatable bonds is 4. The van der Waals surface area contributed by atoms with E-state index < -0.39 is 37.2 Å². The van der Waals surface area contributed by atoms with Crippen molar-refractivity contribution in [3.8, 4) is 0 Å². The van der Waals surface area contributed by atoms with Crippen LogP contribution in [0, 0.1) is 0 Å². The zero-order chi connectivity index (χ0) is 14.9. The number of urea groups is 1. The molecule has 0 aliphatic carbocycles. The third-order valence-electron chi connectivity index (χ3n) is 3.85. The molecule has 0 aromatic rings. The second-order valence-electron chi connectivity index (χ2n) is 5.34. The smallest absolute Gasteiger partial charge is 0.323 e. The molecule has 8 heteroatoms. The lowest BCUT2D eigenvalue weighted by molar-refractivity contribution is -0.141. The standard InChI is InChI=1S/C12H18N2O6/c15-9-3-7-1-2-8(4-9)14(7)12(20)13(5-10(16)17)6-11(18)19/h7-9,15H,1-6H2,(H,16,17)(H,18,19). The topological polar surface area (TPSA) is 118 Å². The first-order chi connectivity index (χ1) is 9.38. The Labute approximate surface area is 115 Å². The summed E-state index contributed by atoms with van der Waals surface area (Å²) in [4.78, 5) is 36.3. The fourth-order valence-electron chi connectivity index (χ4n) is 3.14. The number of hydrogen-bond acceptors (Lipinski definition) is 4. The van der Waals surface area contributed by atoms with Gasteiger partial charge in [0, 0.05) is 12.1 Å². The lowest BCUT2D eigenvalue weighted by atomic mass is 10.0. The molecule has 0 radical (unpaired) electrons. The van der Waals surface area contributed by atoms with Crippen LogP contribution in [0.3, 0.4) is 0 Å². The molecular weight excluding hydrogens is 268 g/mol. The van der Waals surface area contributed by atoms with E-state index in [0.29, 0.717) is 12.8 Å². The highest BCUT2D eigenvalue weighted by Gasteiger charge is 2.44. The highest BCUT2D eigenvalue weighted by Crippen LogP contribution is 2.36. The fraction of sp³-hybridized carbons (Fsp3) is 0.750. The first-order valence-corrected chi connectivity index (χ1v) is 6.57. The number of piperidine rings is 1. The Kier molecular flexibility index (Phi) is 4.12. The van der Waals surface area contributed by atoms with Crippen LogP contribution >= 0.6 is 0 Å². The maximum absolute atomic E-state index is 12.4. The predicted octanol–water partition coefficient (Wildman–Crippen LogP) is -0.435. The minimum atomic E-state index is -1.25. The summed E-state index contributed by atoms with van der Waals surface area (Å²) in [7, 11) is 0. The van der Waals surface area contributed by atoms with Gasteiger partial charge >= 0.3 is 18.0 Å². The zero-order valence-corrected chi connectivity index (χ0v) is 10.9. The molecule has 2 fully saturated rings. The van der Waals surface area contributed by atoms with E-state index in [1.165, 1.54) is 0 Å². The highest BCUT2D eigenvalue weighted by atomic mass is 16.4. The van der Waals surface area contributed by atoms with Crippen LogP contribution in [0.15, 0.2) is 0 Å². The van der Waals surface area contributed by atoms with Gasteiger partial charge in [0.25, 0.3) is 0 Å². The van der Waals surface area contributed by atoms with Crippen molar-refractivity contribution in [2.75, 3.05) is 13.1 Å². The van der Waals surface area contributed by atoms with Crippen LogP contribution in [0.1, 0.15) is 25.7 Å². The summed E-state index contributed by atoms with van der Waals surface area (Å²) in [6.07, 6.45) is 2.03. The number of hydrogen-bond donors (Lipinski definition) is 3. The van der Waals surface area contributed by atoms with E-state index >= 15 is 0 Å². The van der Waals surface area contributed by atoms with E-state index in [4.69, 9.17) is 10.2 Å². The number of aliphatic hydroxyl groups excluding tert-OH is 1. The maximum Gasteiger partial charge on any atom is 0.323 e. The average molecular weight is 286 g/mol. The van der Waals surface area contributed by atoms with Gasteiger partial charge in [-0.2, -0.15) is 0 Å². The first-order valence-electron chi connectivity index (χ1n) is 6.57. The SMILES string of the molecule is O=C(O)CN(CC(=O)O)C(=O)N1C2CCC1CC(O)C2. The Morgan fingerprint density at radius 1 is 1.00 bits per heavy atom. The van der Waals surface area contributed by atoms with Crippen molar-refractivity contribution in [3.63, 3.8) is 0 Å². The van der Waals surface area contributed by atoms with Crippen LogP contribution in [-0.2, 0) is 9.59 Å². The molecule has 8 nitrogen and oxygen atoms in total. The third-order valence-corrected chi connectivity index (χ3v) is 3.85. The molecule has 2 rings (SSSR count). The Bertz CT molecular complexity index is 396. The zero-order valence-electron chi connectivity index (χ0n) is 10.9. The van der Waals surface area contributed by atoms with Crippen molar-refractivity contribution in [2.45, 2.75) is 43.9 Å². The van der Waals surface area contributed by atoms with Crippen molar-refractivity contribution >= 4 is 18.0 Å². The number of aliphatic hydroxyl groups is 1. The molecule has 2 unspecified atom stereocenters. The van der Waals surface area contributed by atoms with Gasteiger partial charge < -0.3 is 25.1 Å². The molecule has 20 heavy (non-hydrogen) atoms. The Hall–Kier alpha value is -1.83. The molecule has 2 bridgehead atoms. The monoisotopic (exact) mass is 286 g/mol. The second kappa shape index (κ2) is 5.66. The quantitative estimate of drug-likeness (QED) is 0.645. The van der Waals surface area contributed by atoms with E-state index in [0.717, 1.165) is 17.7 Å². The van der Waals surface area contributed by atoms with E-state index in [-0.39, 0.29) is 12.1 Å². The van der Waals surface area contributed by atoms with Crippen LogP contribution in [-0.4, -0.2) is 74.4 Å². The van der Waals surface area contributed by atoms with Crippen LogP contribution in [0.2, 0.25) is 0 Å². The molecule has 112 valence electrons. The molecule has 0 aromatic heterocycles. The Morgan fingerprint density at radius 3 is 1.85 bits per heavy atom.